The van der Waals surface area contributed by atoms with E-state index < -0.39 is 12.2 Å². The third-order valence-electron chi connectivity index (χ3n) is 0.846. The van der Waals surface area contributed by atoms with Crippen LogP contribution >= 0.6 is 0 Å². The zero-order valence-electron chi connectivity index (χ0n) is 5.31. The second kappa shape index (κ2) is 3.40. The van der Waals surface area contributed by atoms with Crippen molar-refractivity contribution in [1.82, 2.24) is 5.43 Å². The van der Waals surface area contributed by atoms with Gasteiger partial charge in [0.25, 0.3) is 0 Å². The molecule has 0 aromatic heterocycles. The fourth-order valence-corrected chi connectivity index (χ4v) is 0.239. The van der Waals surface area contributed by atoms with Crippen LogP contribution in [-0.2, 0) is 0 Å². The molecule has 6 heteroatoms. The monoisotopic (exact) mass is 155 g/mol. The minimum Gasteiger partial charge on any atom is -0.315 e. The zero-order valence-corrected chi connectivity index (χ0v) is 5.31. The number of aliphatic imine (C=N–C) groups is 1. The third kappa shape index (κ3) is 3.29. The van der Waals surface area contributed by atoms with Gasteiger partial charge < -0.3 is 5.43 Å². The molecule has 3 N–H and O–H groups in total. The Hall–Kier alpha value is -0.780. The van der Waals surface area contributed by atoms with Crippen molar-refractivity contribution in [2.24, 2.45) is 10.8 Å². The second-order valence-electron chi connectivity index (χ2n) is 1.66. The first kappa shape index (κ1) is 9.22. The zero-order chi connectivity index (χ0) is 8.20. The molecule has 0 rings (SSSR count). The van der Waals surface area contributed by atoms with Crippen LogP contribution in [0.2, 0.25) is 0 Å². The van der Waals surface area contributed by atoms with Gasteiger partial charge >= 0.3 is 6.18 Å². The predicted octanol–water partition coefficient (Wildman–Crippen LogP) is 0.429. The van der Waals surface area contributed by atoms with Gasteiger partial charge in [0.1, 0.15) is 6.04 Å². The van der Waals surface area contributed by atoms with Gasteiger partial charge in [-0.3, -0.25) is 4.99 Å². The molecule has 0 saturated carbocycles. The van der Waals surface area contributed by atoms with E-state index in [1.807, 2.05) is 5.43 Å². The molecule has 3 nitrogen and oxygen atoms in total. The maximum Gasteiger partial charge on any atom is 0.410 e. The number of hydrogen-bond acceptors (Lipinski definition) is 2. The van der Waals surface area contributed by atoms with Crippen LogP contribution in [0.5, 0.6) is 0 Å². The normalized spacial score (nSPS) is 15.7. The van der Waals surface area contributed by atoms with Crippen LogP contribution in [0.4, 0.5) is 13.2 Å². The molecule has 0 amide bonds. The molecule has 0 aromatic rings. The summed E-state index contributed by atoms with van der Waals surface area (Å²) < 4.78 is 34.8. The van der Waals surface area contributed by atoms with Gasteiger partial charge in [-0.1, -0.05) is 0 Å². The number of nitrogens with two attached hydrogens (primary N) is 1. The van der Waals surface area contributed by atoms with Crippen molar-refractivity contribution in [2.45, 2.75) is 19.1 Å². The Kier molecular flexibility index (Phi) is 3.14. The molecule has 0 aliphatic carbocycles. The Bertz CT molecular complexity index is 119. The van der Waals surface area contributed by atoms with E-state index in [0.29, 0.717) is 0 Å². The average molecular weight is 155 g/mol. The van der Waals surface area contributed by atoms with Gasteiger partial charge in [-0.2, -0.15) is 13.2 Å². The Morgan fingerprint density at radius 3 is 2.40 bits per heavy atom. The van der Waals surface area contributed by atoms with Crippen LogP contribution in [-0.4, -0.2) is 18.6 Å². The van der Waals surface area contributed by atoms with Crippen molar-refractivity contribution in [3.63, 3.8) is 0 Å². The topological polar surface area (TPSA) is 50.4 Å². The van der Waals surface area contributed by atoms with E-state index in [1.165, 1.54) is 0 Å². The lowest BCUT2D eigenvalue weighted by molar-refractivity contribution is -0.142. The number of hydrogen-bond donors (Lipinski definition) is 2. The predicted molar refractivity (Wildman–Crippen MR) is 31.3 cm³/mol. The molecule has 0 heterocycles. The van der Waals surface area contributed by atoms with E-state index in [2.05, 4.69) is 10.8 Å². The van der Waals surface area contributed by atoms with Crippen molar-refractivity contribution in [2.75, 3.05) is 0 Å². The second-order valence-corrected chi connectivity index (χ2v) is 1.66. The Morgan fingerprint density at radius 1 is 1.60 bits per heavy atom. The van der Waals surface area contributed by atoms with Crippen LogP contribution in [0.1, 0.15) is 6.92 Å². The Labute approximate surface area is 56.1 Å². The molecule has 1 unspecified atom stereocenters. The Balaban J connectivity index is 3.84. The number of halogens is 3. The lowest BCUT2D eigenvalue weighted by Gasteiger charge is -2.09. The largest absolute Gasteiger partial charge is 0.410 e. The highest BCUT2D eigenvalue weighted by atomic mass is 19.4. The number of nitrogens with one attached hydrogen (secondary N) is 1. The molecule has 0 radical (unpaired) electrons. The standard InChI is InChI=1S/C4H8F3N3/c1-3(4(5,6)7)9-2-10-8/h2-3H,8H2,1H3,(H,9,10). The maximum absolute atomic E-state index is 11.6. The highest BCUT2D eigenvalue weighted by Gasteiger charge is 2.35. The summed E-state index contributed by atoms with van der Waals surface area (Å²) in [6.45, 7) is 0.938. The first-order valence-corrected chi connectivity index (χ1v) is 2.53. The molecule has 10 heavy (non-hydrogen) atoms. The van der Waals surface area contributed by atoms with Crippen molar-refractivity contribution in [1.29, 1.82) is 0 Å². The van der Waals surface area contributed by atoms with Crippen LogP contribution < -0.4 is 11.3 Å². The number of rotatable bonds is 2. The van der Waals surface area contributed by atoms with E-state index in [4.69, 9.17) is 0 Å². The van der Waals surface area contributed by atoms with Crippen molar-refractivity contribution >= 4 is 6.34 Å². The molecule has 0 spiro atoms. The van der Waals surface area contributed by atoms with Gasteiger partial charge in [-0.15, -0.1) is 0 Å². The highest BCUT2D eigenvalue weighted by molar-refractivity contribution is 5.53. The van der Waals surface area contributed by atoms with Gasteiger partial charge in [-0.25, -0.2) is 5.84 Å². The SMILES string of the molecule is CC(N=CNN)C(F)(F)F. The third-order valence-corrected chi connectivity index (χ3v) is 0.846. The van der Waals surface area contributed by atoms with Gasteiger partial charge in [0.15, 0.2) is 0 Å². The summed E-state index contributed by atoms with van der Waals surface area (Å²) in [4.78, 5) is 3.03. The van der Waals surface area contributed by atoms with Crippen LogP contribution in [0.25, 0.3) is 0 Å². The quantitative estimate of drug-likeness (QED) is 0.263. The molecule has 0 bridgehead atoms. The van der Waals surface area contributed by atoms with E-state index in [1.54, 1.807) is 0 Å². The van der Waals surface area contributed by atoms with E-state index >= 15 is 0 Å². The van der Waals surface area contributed by atoms with Gasteiger partial charge in [0.05, 0.1) is 6.34 Å². The average Bonchev–Trinajstić information content (AvgIpc) is 1.80. The van der Waals surface area contributed by atoms with Gasteiger partial charge in [0.2, 0.25) is 0 Å². The summed E-state index contributed by atoms with van der Waals surface area (Å²) in [6.07, 6.45) is -3.48. The summed E-state index contributed by atoms with van der Waals surface area (Å²) in [5, 5.41) is 0. The van der Waals surface area contributed by atoms with E-state index in [9.17, 15) is 13.2 Å². The molecule has 1 atom stereocenters. The maximum atomic E-state index is 11.6. The van der Waals surface area contributed by atoms with Crippen LogP contribution in [0.3, 0.4) is 0 Å². The smallest absolute Gasteiger partial charge is 0.315 e. The highest BCUT2D eigenvalue weighted by Crippen LogP contribution is 2.21. The first-order valence-electron chi connectivity index (χ1n) is 2.53. The minimum atomic E-state index is -4.28. The molecule has 60 valence electrons. The molecule has 0 saturated heterocycles. The van der Waals surface area contributed by atoms with Crippen molar-refractivity contribution < 1.29 is 13.2 Å². The van der Waals surface area contributed by atoms with Crippen LogP contribution in [0, 0.1) is 0 Å². The minimum absolute atomic E-state index is 0.804. The number of nitrogens with zero attached hydrogens (tertiary/aromatic N) is 1. The Morgan fingerprint density at radius 2 is 2.10 bits per heavy atom. The fraction of sp³-hybridized carbons (Fsp3) is 0.750. The first-order chi connectivity index (χ1) is 4.48. The van der Waals surface area contributed by atoms with Gasteiger partial charge in [-0.05, 0) is 6.92 Å². The summed E-state index contributed by atoms with van der Waals surface area (Å²) in [7, 11) is 0. The lowest BCUT2D eigenvalue weighted by atomic mass is 10.3. The summed E-state index contributed by atoms with van der Waals surface area (Å²) in [6, 6.07) is -1.71. The molecular weight excluding hydrogens is 147 g/mol. The van der Waals surface area contributed by atoms with E-state index in [0.717, 1.165) is 13.3 Å². The fourth-order valence-electron chi connectivity index (χ4n) is 0.239. The summed E-state index contributed by atoms with van der Waals surface area (Å²) in [5.41, 5.74) is 1.88. The number of alkyl halides is 3. The van der Waals surface area contributed by atoms with Crippen molar-refractivity contribution in [3.8, 4) is 0 Å². The summed E-state index contributed by atoms with van der Waals surface area (Å²) >= 11 is 0. The number of hydrazine groups is 1. The molecule has 0 aliphatic heterocycles. The van der Waals surface area contributed by atoms with Crippen molar-refractivity contribution in [3.05, 3.63) is 0 Å². The van der Waals surface area contributed by atoms with E-state index in [-0.39, 0.29) is 0 Å². The molecule has 0 aliphatic rings. The van der Waals surface area contributed by atoms with Gasteiger partial charge in [0, 0.05) is 0 Å². The molecular formula is C4H8F3N3. The van der Waals surface area contributed by atoms with Crippen LogP contribution in [0.15, 0.2) is 4.99 Å². The summed E-state index contributed by atoms with van der Waals surface area (Å²) in [5.74, 6) is 4.65. The lowest BCUT2D eigenvalue weighted by Crippen LogP contribution is -2.27. The molecule has 0 aromatic carbocycles. The molecule has 0 fully saturated rings.